The van der Waals surface area contributed by atoms with Crippen LogP contribution in [0.25, 0.3) is 23.3 Å². The first-order chi connectivity index (χ1) is 21.1. The average molecular weight is 713 g/mol. The summed E-state index contributed by atoms with van der Waals surface area (Å²) in [6, 6.07) is 21.0. The highest BCUT2D eigenvalue weighted by atomic mass is 127. The number of likely N-dealkylation sites (tertiary alicyclic amines) is 1. The normalized spacial score (nSPS) is 15.9. The Morgan fingerprint density at radius 2 is 1.82 bits per heavy atom. The zero-order valence-corrected chi connectivity index (χ0v) is 26.3. The van der Waals surface area contributed by atoms with Crippen LogP contribution in [0.5, 0.6) is 5.75 Å². The summed E-state index contributed by atoms with van der Waals surface area (Å²) in [5.41, 5.74) is 4.08. The summed E-state index contributed by atoms with van der Waals surface area (Å²) in [6.45, 7) is 2.60. The molecule has 1 aliphatic heterocycles. The summed E-state index contributed by atoms with van der Waals surface area (Å²) >= 11 is 2.09. The fourth-order valence-corrected chi connectivity index (χ4v) is 6.16. The number of aromatic nitrogens is 1. The van der Waals surface area contributed by atoms with Gasteiger partial charge in [-0.05, 0) is 107 Å². The fourth-order valence-electron chi connectivity index (χ4n) is 5.60. The number of pyridine rings is 1. The van der Waals surface area contributed by atoms with Crippen molar-refractivity contribution in [3.05, 3.63) is 116 Å². The van der Waals surface area contributed by atoms with Crippen molar-refractivity contribution in [2.75, 3.05) is 6.54 Å². The second kappa shape index (κ2) is 13.9. The molecule has 1 atom stereocenters. The maximum atomic E-state index is 14.5. The lowest BCUT2D eigenvalue weighted by Crippen LogP contribution is -2.44. The van der Waals surface area contributed by atoms with E-state index in [0.717, 1.165) is 50.4 Å². The van der Waals surface area contributed by atoms with Crippen LogP contribution in [-0.4, -0.2) is 33.5 Å². The van der Waals surface area contributed by atoms with Crippen molar-refractivity contribution in [2.45, 2.75) is 51.6 Å². The first-order valence-corrected chi connectivity index (χ1v) is 15.5. The lowest BCUT2D eigenvalue weighted by Gasteiger charge is -2.33. The molecule has 1 aliphatic rings. The molecule has 5 rings (SSSR count). The third-order valence-corrected chi connectivity index (χ3v) is 8.49. The van der Waals surface area contributed by atoms with Crippen LogP contribution >= 0.6 is 22.6 Å². The average Bonchev–Trinajstić information content (AvgIpc) is 3.00. The van der Waals surface area contributed by atoms with E-state index in [2.05, 4.69) is 27.6 Å². The highest BCUT2D eigenvalue weighted by Gasteiger charge is 2.35. The number of hydrogen-bond donors (Lipinski definition) is 1. The smallest absolute Gasteiger partial charge is 0.417 e. The predicted octanol–water partition coefficient (Wildman–Crippen LogP) is 8.87. The van der Waals surface area contributed by atoms with Gasteiger partial charge in [0.2, 0.25) is 0 Å². The van der Waals surface area contributed by atoms with Crippen LogP contribution in [-0.2, 0) is 24.1 Å². The standard InChI is InChI=1S/C35H32F3IN2O3/c1-23-25(10-7-11-29(23)26-8-3-2-4-9-26)13-14-27-20-32(44-22-24-15-16-40-33(39)18-24)28(19-30(27)35(36,37)38)21-41-17-6-5-12-31(41)34(42)43/h2-4,7-11,13-16,18-20,31H,5-6,12,17,21-22H2,1H3,(H,42,43). The molecule has 0 radical (unpaired) electrons. The molecule has 1 unspecified atom stereocenters. The first-order valence-electron chi connectivity index (χ1n) is 14.4. The molecule has 5 nitrogen and oxygen atoms in total. The monoisotopic (exact) mass is 712 g/mol. The number of alkyl halides is 3. The van der Waals surface area contributed by atoms with Gasteiger partial charge in [0, 0.05) is 18.3 Å². The van der Waals surface area contributed by atoms with Gasteiger partial charge in [0.1, 0.15) is 22.1 Å². The van der Waals surface area contributed by atoms with E-state index in [1.165, 1.54) is 12.1 Å². The first kappa shape index (κ1) is 31.7. The topological polar surface area (TPSA) is 62.7 Å². The molecule has 1 N–H and O–H groups in total. The maximum Gasteiger partial charge on any atom is 0.417 e. The molecule has 3 aromatic carbocycles. The van der Waals surface area contributed by atoms with Crippen molar-refractivity contribution in [2.24, 2.45) is 0 Å². The number of halogens is 4. The third-order valence-electron chi connectivity index (χ3n) is 7.90. The number of carboxylic acid groups (broad SMARTS) is 1. The number of nitrogens with zero attached hydrogens (tertiary/aromatic N) is 2. The van der Waals surface area contributed by atoms with Gasteiger partial charge in [-0.2, -0.15) is 13.2 Å². The van der Waals surface area contributed by atoms with Gasteiger partial charge in [-0.3, -0.25) is 14.7 Å². The molecule has 1 saturated heterocycles. The van der Waals surface area contributed by atoms with Gasteiger partial charge in [-0.1, -0.05) is 67.1 Å². The molecular weight excluding hydrogens is 680 g/mol. The molecule has 0 bridgehead atoms. The number of piperidine rings is 1. The Morgan fingerprint density at radius 1 is 1.05 bits per heavy atom. The molecule has 2 heterocycles. The summed E-state index contributed by atoms with van der Waals surface area (Å²) in [5, 5.41) is 9.79. The largest absolute Gasteiger partial charge is 0.489 e. The van der Waals surface area contributed by atoms with Crippen LogP contribution in [0.15, 0.2) is 79.0 Å². The van der Waals surface area contributed by atoms with Gasteiger partial charge in [0.05, 0.1) is 5.56 Å². The molecule has 0 saturated carbocycles. The number of carbonyl (C=O) groups is 1. The van der Waals surface area contributed by atoms with E-state index < -0.39 is 23.8 Å². The Balaban J connectivity index is 1.55. The van der Waals surface area contributed by atoms with Crippen LogP contribution in [0.2, 0.25) is 0 Å². The van der Waals surface area contributed by atoms with Gasteiger partial charge in [0.15, 0.2) is 0 Å². The van der Waals surface area contributed by atoms with E-state index >= 15 is 0 Å². The number of aliphatic carboxylic acids is 1. The number of benzene rings is 3. The van der Waals surface area contributed by atoms with Crippen molar-refractivity contribution in [1.29, 1.82) is 0 Å². The van der Waals surface area contributed by atoms with Gasteiger partial charge in [0.25, 0.3) is 0 Å². The highest BCUT2D eigenvalue weighted by molar-refractivity contribution is 14.1. The van der Waals surface area contributed by atoms with Gasteiger partial charge < -0.3 is 9.84 Å². The summed E-state index contributed by atoms with van der Waals surface area (Å²) in [6.07, 6.45) is 2.20. The second-order valence-electron chi connectivity index (χ2n) is 10.9. The van der Waals surface area contributed by atoms with E-state index in [1.807, 2.05) is 61.5 Å². The zero-order valence-electron chi connectivity index (χ0n) is 24.2. The summed E-state index contributed by atoms with van der Waals surface area (Å²) in [7, 11) is 0. The number of carboxylic acids is 1. The van der Waals surface area contributed by atoms with Crippen LogP contribution in [0, 0.1) is 10.6 Å². The van der Waals surface area contributed by atoms with Crippen molar-refractivity contribution in [1.82, 2.24) is 9.88 Å². The number of rotatable bonds is 9. The Morgan fingerprint density at radius 3 is 2.55 bits per heavy atom. The lowest BCUT2D eigenvalue weighted by molar-refractivity contribution is -0.145. The molecule has 44 heavy (non-hydrogen) atoms. The second-order valence-corrected chi connectivity index (χ2v) is 12.0. The van der Waals surface area contributed by atoms with Crippen molar-refractivity contribution in [3.8, 4) is 16.9 Å². The van der Waals surface area contributed by atoms with Crippen LogP contribution in [0.1, 0.15) is 52.6 Å². The minimum absolute atomic E-state index is 0.0292. The van der Waals surface area contributed by atoms with E-state index in [4.69, 9.17) is 4.74 Å². The van der Waals surface area contributed by atoms with Crippen LogP contribution in [0.3, 0.4) is 0 Å². The molecule has 9 heteroatoms. The van der Waals surface area contributed by atoms with E-state index in [1.54, 1.807) is 23.2 Å². The SMILES string of the molecule is Cc1c(C=Cc2cc(OCc3ccnc(I)c3)c(CN3CCCCC3C(=O)O)cc2C(F)(F)F)cccc1-c1ccccc1. The summed E-state index contributed by atoms with van der Waals surface area (Å²) < 4.78 is 50.6. The molecular formula is C35H32F3IN2O3. The summed E-state index contributed by atoms with van der Waals surface area (Å²) in [4.78, 5) is 17.9. The molecule has 228 valence electrons. The van der Waals surface area contributed by atoms with E-state index in [0.29, 0.717) is 18.5 Å². The maximum absolute atomic E-state index is 14.5. The molecule has 0 amide bonds. The van der Waals surface area contributed by atoms with E-state index in [9.17, 15) is 23.1 Å². The highest BCUT2D eigenvalue weighted by Crippen LogP contribution is 2.38. The van der Waals surface area contributed by atoms with Crippen molar-refractivity contribution in [3.63, 3.8) is 0 Å². The Kier molecular flexibility index (Phi) is 10.1. The van der Waals surface area contributed by atoms with Crippen LogP contribution < -0.4 is 4.74 Å². The van der Waals surface area contributed by atoms with Crippen molar-refractivity contribution >= 4 is 40.7 Å². The molecule has 1 aromatic heterocycles. The molecule has 4 aromatic rings. The third kappa shape index (κ3) is 7.68. The van der Waals surface area contributed by atoms with Gasteiger partial charge in [-0.25, -0.2) is 0 Å². The quantitative estimate of drug-likeness (QED) is 0.107. The lowest BCUT2D eigenvalue weighted by atomic mass is 9.95. The molecule has 1 fully saturated rings. The zero-order chi connectivity index (χ0) is 31.3. The summed E-state index contributed by atoms with van der Waals surface area (Å²) in [5.74, 6) is -0.684. The Bertz CT molecular complexity index is 1660. The molecule has 0 spiro atoms. The molecule has 0 aliphatic carbocycles. The predicted molar refractivity (Wildman–Crippen MR) is 174 cm³/mol. The Labute approximate surface area is 268 Å². The van der Waals surface area contributed by atoms with E-state index in [-0.39, 0.29) is 24.5 Å². The minimum Gasteiger partial charge on any atom is -0.489 e. The van der Waals surface area contributed by atoms with Crippen molar-refractivity contribution < 1.29 is 27.8 Å². The number of ether oxygens (including phenoxy) is 1. The fraction of sp³-hybridized carbons (Fsp3) is 0.257. The van der Waals surface area contributed by atoms with Crippen LogP contribution in [0.4, 0.5) is 13.2 Å². The Hall–Kier alpha value is -3.70. The number of hydrogen-bond acceptors (Lipinski definition) is 4. The minimum atomic E-state index is -4.64. The van der Waals surface area contributed by atoms with Gasteiger partial charge in [-0.15, -0.1) is 0 Å². The van der Waals surface area contributed by atoms with Gasteiger partial charge >= 0.3 is 12.1 Å².